The molecule has 1 aliphatic heterocycles. The zero-order valence-electron chi connectivity index (χ0n) is 9.24. The average molecular weight is 277 g/mol. The van der Waals surface area contributed by atoms with Crippen LogP contribution < -0.4 is 5.73 Å². The summed E-state index contributed by atoms with van der Waals surface area (Å²) >= 11 is 0. The fourth-order valence-corrected chi connectivity index (χ4v) is 1.55. The highest BCUT2D eigenvalue weighted by Gasteiger charge is 2.35. The summed E-state index contributed by atoms with van der Waals surface area (Å²) in [4.78, 5) is 14.0. The molecule has 0 radical (unpaired) electrons. The third-order valence-electron chi connectivity index (χ3n) is 2.42. The Balaban J connectivity index is 2.38. The van der Waals surface area contributed by atoms with Crippen molar-refractivity contribution in [3.8, 4) is 0 Å². The molecule has 2 heterocycles. The molecule has 2 rings (SSSR count). The standard InChI is InChI=1S/C10H7F4N3O2/c11-7-6-2-16-4(3-19-10(15)18)1-5(6)8(12)17(14)9(7)13/h1-2,8H,3H2,(H2,15,18). The number of carbonyl (C=O) groups excluding carboxylic acids is 1. The van der Waals surface area contributed by atoms with Gasteiger partial charge in [-0.15, -0.1) is 5.12 Å². The number of carbonyl (C=O) groups is 1. The first kappa shape index (κ1) is 13.1. The molecule has 1 atom stereocenters. The number of primary amides is 1. The first-order valence-electron chi connectivity index (χ1n) is 4.97. The van der Waals surface area contributed by atoms with E-state index in [2.05, 4.69) is 9.72 Å². The quantitative estimate of drug-likeness (QED) is 0.512. The predicted octanol–water partition coefficient (Wildman–Crippen LogP) is 2.41. The first-order valence-corrected chi connectivity index (χ1v) is 4.97. The van der Waals surface area contributed by atoms with Crippen LogP contribution in [0.2, 0.25) is 0 Å². The molecule has 102 valence electrons. The number of nitrogens with zero attached hydrogens (tertiary/aromatic N) is 2. The number of halogens is 4. The minimum atomic E-state index is -2.51. The third-order valence-corrected chi connectivity index (χ3v) is 2.42. The summed E-state index contributed by atoms with van der Waals surface area (Å²) < 4.78 is 57.2. The number of rotatable bonds is 2. The smallest absolute Gasteiger partial charge is 0.404 e. The molecule has 5 nitrogen and oxygen atoms in total. The van der Waals surface area contributed by atoms with E-state index in [9.17, 15) is 22.4 Å². The van der Waals surface area contributed by atoms with Crippen LogP contribution >= 0.6 is 0 Å². The number of aromatic nitrogens is 1. The Labute approximate surface area is 104 Å². The van der Waals surface area contributed by atoms with E-state index in [1.54, 1.807) is 0 Å². The van der Waals surface area contributed by atoms with Gasteiger partial charge >= 0.3 is 6.09 Å². The molecule has 1 aliphatic rings. The highest BCUT2D eigenvalue weighted by molar-refractivity contribution is 5.66. The van der Waals surface area contributed by atoms with Gasteiger partial charge in [0.1, 0.15) is 6.61 Å². The summed E-state index contributed by atoms with van der Waals surface area (Å²) in [5.41, 5.74) is 3.78. The minimum Gasteiger partial charge on any atom is -0.443 e. The van der Waals surface area contributed by atoms with Gasteiger partial charge in [0.2, 0.25) is 6.30 Å². The van der Waals surface area contributed by atoms with Gasteiger partial charge in [-0.2, -0.15) is 4.39 Å². The molecule has 1 amide bonds. The van der Waals surface area contributed by atoms with E-state index in [4.69, 9.17) is 5.73 Å². The monoisotopic (exact) mass is 277 g/mol. The van der Waals surface area contributed by atoms with Gasteiger partial charge in [0.05, 0.1) is 5.69 Å². The lowest BCUT2D eigenvalue weighted by molar-refractivity contribution is -0.0726. The molecule has 1 unspecified atom stereocenters. The van der Waals surface area contributed by atoms with E-state index < -0.39 is 47.0 Å². The van der Waals surface area contributed by atoms with Gasteiger partial charge in [0.25, 0.3) is 5.95 Å². The number of nitrogens with two attached hydrogens (primary N) is 1. The lowest BCUT2D eigenvalue weighted by Gasteiger charge is -2.24. The Kier molecular flexibility index (Phi) is 3.28. The Morgan fingerprint density at radius 3 is 2.84 bits per heavy atom. The van der Waals surface area contributed by atoms with Crippen LogP contribution in [0.4, 0.5) is 22.4 Å². The van der Waals surface area contributed by atoms with Gasteiger partial charge in [-0.1, -0.05) is 4.48 Å². The molecule has 0 saturated carbocycles. The highest BCUT2D eigenvalue weighted by atomic mass is 19.2. The maximum Gasteiger partial charge on any atom is 0.404 e. The largest absolute Gasteiger partial charge is 0.443 e. The number of alkyl halides is 1. The number of amides is 1. The molecule has 0 aromatic carbocycles. The van der Waals surface area contributed by atoms with E-state index >= 15 is 0 Å². The molecule has 0 saturated heterocycles. The number of fused-ring (bicyclic) bond motifs is 1. The molecule has 0 spiro atoms. The molecule has 1 aromatic heterocycles. The molecule has 9 heteroatoms. The van der Waals surface area contributed by atoms with Crippen LogP contribution in [0, 0.1) is 0 Å². The molecule has 0 fully saturated rings. The molecule has 1 aromatic rings. The Hall–Kier alpha value is -2.32. The van der Waals surface area contributed by atoms with Crippen molar-refractivity contribution in [1.82, 2.24) is 10.1 Å². The second-order valence-corrected chi connectivity index (χ2v) is 3.62. The SMILES string of the molecule is NC(=O)OCc1cc2c(cn1)C(F)=C(F)N(F)C2F. The fraction of sp³-hybridized carbons (Fsp3) is 0.200. The van der Waals surface area contributed by atoms with Crippen molar-refractivity contribution in [1.29, 1.82) is 0 Å². The van der Waals surface area contributed by atoms with Crippen LogP contribution in [0.15, 0.2) is 18.2 Å². The van der Waals surface area contributed by atoms with Crippen molar-refractivity contribution in [3.63, 3.8) is 0 Å². The number of hydrogen-bond acceptors (Lipinski definition) is 4. The Bertz CT molecular complexity index is 564. The number of ether oxygens (including phenoxy) is 1. The number of pyridine rings is 1. The molecular weight excluding hydrogens is 270 g/mol. The van der Waals surface area contributed by atoms with E-state index in [0.717, 1.165) is 12.3 Å². The summed E-state index contributed by atoms with van der Waals surface area (Å²) in [7, 11) is 0. The molecule has 0 aliphatic carbocycles. The van der Waals surface area contributed by atoms with Gasteiger partial charge in [-0.05, 0) is 6.07 Å². The van der Waals surface area contributed by atoms with Crippen molar-refractivity contribution in [2.24, 2.45) is 5.73 Å². The van der Waals surface area contributed by atoms with Crippen LogP contribution in [0.3, 0.4) is 0 Å². The summed E-state index contributed by atoms with van der Waals surface area (Å²) in [6.07, 6.45) is -2.77. The van der Waals surface area contributed by atoms with E-state index in [1.165, 1.54) is 0 Å². The predicted molar refractivity (Wildman–Crippen MR) is 54.5 cm³/mol. The normalized spacial score (nSPS) is 18.3. The van der Waals surface area contributed by atoms with E-state index in [1.807, 2.05) is 0 Å². The minimum absolute atomic E-state index is 0.0173. The molecule has 0 bridgehead atoms. The Morgan fingerprint density at radius 2 is 2.21 bits per heavy atom. The highest BCUT2D eigenvalue weighted by Crippen LogP contribution is 2.40. The zero-order valence-corrected chi connectivity index (χ0v) is 9.24. The van der Waals surface area contributed by atoms with Crippen molar-refractivity contribution in [2.75, 3.05) is 0 Å². The van der Waals surface area contributed by atoms with Crippen molar-refractivity contribution in [2.45, 2.75) is 12.9 Å². The van der Waals surface area contributed by atoms with Crippen LogP contribution in [-0.2, 0) is 11.3 Å². The fourth-order valence-electron chi connectivity index (χ4n) is 1.55. The molecule has 2 N–H and O–H groups in total. The van der Waals surface area contributed by atoms with Crippen LogP contribution in [0.25, 0.3) is 5.83 Å². The maximum atomic E-state index is 13.5. The second kappa shape index (κ2) is 4.75. The number of hydrogen-bond donors (Lipinski definition) is 1. The topological polar surface area (TPSA) is 68.5 Å². The van der Waals surface area contributed by atoms with Gasteiger partial charge in [-0.3, -0.25) is 4.98 Å². The molecule has 19 heavy (non-hydrogen) atoms. The lowest BCUT2D eigenvalue weighted by Crippen LogP contribution is -2.21. The van der Waals surface area contributed by atoms with Crippen LogP contribution in [0.5, 0.6) is 0 Å². The summed E-state index contributed by atoms with van der Waals surface area (Å²) in [5.74, 6) is -3.51. The second-order valence-electron chi connectivity index (χ2n) is 3.62. The van der Waals surface area contributed by atoms with E-state index in [-0.39, 0.29) is 5.69 Å². The maximum absolute atomic E-state index is 13.5. The van der Waals surface area contributed by atoms with Crippen molar-refractivity contribution < 1.29 is 27.2 Å². The first-order chi connectivity index (χ1) is 8.91. The van der Waals surface area contributed by atoms with E-state index in [0.29, 0.717) is 0 Å². The Morgan fingerprint density at radius 1 is 1.53 bits per heavy atom. The van der Waals surface area contributed by atoms with Gasteiger partial charge < -0.3 is 10.5 Å². The molecular formula is C10H7F4N3O2. The average Bonchev–Trinajstić information content (AvgIpc) is 2.40. The van der Waals surface area contributed by atoms with Crippen molar-refractivity contribution in [3.05, 3.63) is 35.0 Å². The van der Waals surface area contributed by atoms with Gasteiger partial charge in [0.15, 0.2) is 5.83 Å². The zero-order chi connectivity index (χ0) is 14.2. The van der Waals surface area contributed by atoms with Gasteiger partial charge in [-0.25, -0.2) is 13.6 Å². The van der Waals surface area contributed by atoms with Crippen molar-refractivity contribution >= 4 is 11.9 Å². The summed E-state index contributed by atoms with van der Waals surface area (Å²) in [5, 5.41) is -0.976. The summed E-state index contributed by atoms with van der Waals surface area (Å²) in [6, 6.07) is 0.960. The summed E-state index contributed by atoms with van der Waals surface area (Å²) in [6.45, 7) is -0.393. The van der Waals surface area contributed by atoms with Crippen LogP contribution in [-0.4, -0.2) is 16.2 Å². The van der Waals surface area contributed by atoms with Gasteiger partial charge in [0, 0.05) is 17.3 Å². The van der Waals surface area contributed by atoms with Crippen LogP contribution in [0.1, 0.15) is 23.1 Å². The lowest BCUT2D eigenvalue weighted by atomic mass is 10.0. The third kappa shape index (κ3) is 2.30.